The number of aromatic nitrogens is 1. The lowest BCUT2D eigenvalue weighted by Gasteiger charge is -2.35. The van der Waals surface area contributed by atoms with E-state index in [0.717, 1.165) is 25.6 Å². The number of nitrogens with zero attached hydrogens (tertiary/aromatic N) is 3. The van der Waals surface area contributed by atoms with Gasteiger partial charge >= 0.3 is 0 Å². The van der Waals surface area contributed by atoms with E-state index < -0.39 is 0 Å². The molecule has 1 aromatic rings. The van der Waals surface area contributed by atoms with E-state index in [0.29, 0.717) is 0 Å². The van der Waals surface area contributed by atoms with Crippen LogP contribution < -0.4 is 4.90 Å². The monoisotopic (exact) mass is 231 g/mol. The van der Waals surface area contributed by atoms with Crippen LogP contribution in [0.1, 0.15) is 25.3 Å². The maximum atomic E-state index is 4.50. The van der Waals surface area contributed by atoms with Gasteiger partial charge in [0.1, 0.15) is 5.82 Å². The van der Waals surface area contributed by atoms with Gasteiger partial charge in [0, 0.05) is 38.4 Å². The van der Waals surface area contributed by atoms with E-state index in [1.807, 2.05) is 6.20 Å². The van der Waals surface area contributed by atoms with Gasteiger partial charge in [-0.25, -0.2) is 4.98 Å². The Labute approximate surface area is 103 Å². The standard InChI is InChI=1S/C14H21N3/c1-2-12-5-6-15-14(11-12)17-9-7-16(8-10-17)13-3-4-13/h5-6,11,13H,2-4,7-10H2,1H3. The molecule has 0 unspecified atom stereocenters. The van der Waals surface area contributed by atoms with E-state index in [4.69, 9.17) is 0 Å². The van der Waals surface area contributed by atoms with Crippen LogP contribution in [0.15, 0.2) is 18.3 Å². The predicted molar refractivity (Wildman–Crippen MR) is 70.4 cm³/mol. The highest BCUT2D eigenvalue weighted by Gasteiger charge is 2.31. The molecule has 3 heteroatoms. The Morgan fingerprint density at radius 2 is 2.00 bits per heavy atom. The Bertz CT molecular complexity index is 379. The quantitative estimate of drug-likeness (QED) is 0.792. The molecule has 0 amide bonds. The molecule has 0 bridgehead atoms. The fourth-order valence-electron chi connectivity index (χ4n) is 2.61. The summed E-state index contributed by atoms with van der Waals surface area (Å²) in [7, 11) is 0. The summed E-state index contributed by atoms with van der Waals surface area (Å²) in [5.74, 6) is 1.17. The molecule has 92 valence electrons. The largest absolute Gasteiger partial charge is 0.354 e. The number of pyridine rings is 1. The number of anilines is 1. The third-order valence-electron chi connectivity index (χ3n) is 3.92. The second-order valence-electron chi connectivity index (χ2n) is 5.13. The number of piperazine rings is 1. The lowest BCUT2D eigenvalue weighted by atomic mass is 10.2. The van der Waals surface area contributed by atoms with Crippen LogP contribution in [-0.4, -0.2) is 42.1 Å². The molecule has 2 heterocycles. The average Bonchev–Trinajstić information content (AvgIpc) is 3.23. The van der Waals surface area contributed by atoms with Crippen molar-refractivity contribution in [2.75, 3.05) is 31.1 Å². The minimum atomic E-state index is 0.909. The smallest absolute Gasteiger partial charge is 0.128 e. The van der Waals surface area contributed by atoms with Gasteiger partial charge < -0.3 is 4.90 Å². The van der Waals surface area contributed by atoms with Gasteiger partial charge in [0.2, 0.25) is 0 Å². The molecular formula is C14H21N3. The lowest BCUT2D eigenvalue weighted by molar-refractivity contribution is 0.247. The first kappa shape index (κ1) is 11.0. The Kier molecular flexibility index (Phi) is 3.02. The van der Waals surface area contributed by atoms with Gasteiger partial charge in [0.25, 0.3) is 0 Å². The van der Waals surface area contributed by atoms with Crippen molar-refractivity contribution >= 4 is 5.82 Å². The molecular weight excluding hydrogens is 210 g/mol. The molecule has 0 spiro atoms. The summed E-state index contributed by atoms with van der Waals surface area (Å²) in [6.45, 7) is 6.89. The third-order valence-corrected chi connectivity index (χ3v) is 3.92. The van der Waals surface area contributed by atoms with E-state index in [-0.39, 0.29) is 0 Å². The summed E-state index contributed by atoms with van der Waals surface area (Å²) in [5, 5.41) is 0. The lowest BCUT2D eigenvalue weighted by Crippen LogP contribution is -2.47. The van der Waals surface area contributed by atoms with Crippen molar-refractivity contribution in [3.05, 3.63) is 23.9 Å². The van der Waals surface area contributed by atoms with E-state index in [1.54, 1.807) is 0 Å². The molecule has 1 saturated heterocycles. The SMILES string of the molecule is CCc1ccnc(N2CCN(C3CC3)CC2)c1. The molecule has 0 radical (unpaired) electrons. The van der Waals surface area contributed by atoms with Crippen LogP contribution in [0, 0.1) is 0 Å². The van der Waals surface area contributed by atoms with Crippen molar-refractivity contribution in [2.24, 2.45) is 0 Å². The Morgan fingerprint density at radius 1 is 1.24 bits per heavy atom. The van der Waals surface area contributed by atoms with Gasteiger partial charge in [0.15, 0.2) is 0 Å². The van der Waals surface area contributed by atoms with Gasteiger partial charge in [-0.1, -0.05) is 6.92 Å². The normalized spacial score (nSPS) is 21.8. The second kappa shape index (κ2) is 4.65. The van der Waals surface area contributed by atoms with E-state index in [2.05, 4.69) is 33.8 Å². The predicted octanol–water partition coefficient (Wildman–Crippen LogP) is 1.93. The zero-order valence-electron chi connectivity index (χ0n) is 10.6. The summed E-state index contributed by atoms with van der Waals surface area (Å²) < 4.78 is 0. The fourth-order valence-corrected chi connectivity index (χ4v) is 2.61. The molecule has 2 fully saturated rings. The van der Waals surface area contributed by atoms with E-state index in [9.17, 15) is 0 Å². The second-order valence-corrected chi connectivity index (χ2v) is 5.13. The highest BCUT2D eigenvalue weighted by Crippen LogP contribution is 2.28. The van der Waals surface area contributed by atoms with Crippen LogP contribution >= 0.6 is 0 Å². The van der Waals surface area contributed by atoms with Crippen molar-refractivity contribution in [3.63, 3.8) is 0 Å². The zero-order valence-corrected chi connectivity index (χ0v) is 10.6. The van der Waals surface area contributed by atoms with Crippen molar-refractivity contribution in [3.8, 4) is 0 Å². The summed E-state index contributed by atoms with van der Waals surface area (Å²) >= 11 is 0. The van der Waals surface area contributed by atoms with Gasteiger partial charge in [0.05, 0.1) is 0 Å². The molecule has 2 aliphatic rings. The highest BCUT2D eigenvalue weighted by atomic mass is 15.3. The molecule has 1 aliphatic heterocycles. The number of hydrogen-bond acceptors (Lipinski definition) is 3. The first-order valence-corrected chi connectivity index (χ1v) is 6.81. The number of rotatable bonds is 3. The molecule has 1 aromatic heterocycles. The molecule has 3 nitrogen and oxygen atoms in total. The van der Waals surface area contributed by atoms with Crippen molar-refractivity contribution in [1.82, 2.24) is 9.88 Å². The topological polar surface area (TPSA) is 19.4 Å². The summed E-state index contributed by atoms with van der Waals surface area (Å²) in [4.78, 5) is 9.57. The maximum Gasteiger partial charge on any atom is 0.128 e. The van der Waals surface area contributed by atoms with Gasteiger partial charge in [-0.2, -0.15) is 0 Å². The molecule has 1 aliphatic carbocycles. The van der Waals surface area contributed by atoms with Gasteiger partial charge in [-0.05, 0) is 37.0 Å². The Morgan fingerprint density at radius 3 is 2.65 bits per heavy atom. The molecule has 0 atom stereocenters. The first-order valence-electron chi connectivity index (χ1n) is 6.81. The Hall–Kier alpha value is -1.09. The molecule has 0 N–H and O–H groups in total. The summed E-state index contributed by atoms with van der Waals surface area (Å²) in [6.07, 6.45) is 5.88. The van der Waals surface area contributed by atoms with E-state index in [1.165, 1.54) is 37.3 Å². The molecule has 0 aromatic carbocycles. The maximum absolute atomic E-state index is 4.50. The van der Waals surface area contributed by atoms with Gasteiger partial charge in [-0.15, -0.1) is 0 Å². The van der Waals surface area contributed by atoms with Crippen LogP contribution in [0.2, 0.25) is 0 Å². The first-order chi connectivity index (χ1) is 8.36. The highest BCUT2D eigenvalue weighted by molar-refractivity contribution is 5.41. The minimum Gasteiger partial charge on any atom is -0.354 e. The third kappa shape index (κ3) is 2.44. The number of hydrogen-bond donors (Lipinski definition) is 0. The summed E-state index contributed by atoms with van der Waals surface area (Å²) in [5.41, 5.74) is 1.39. The van der Waals surface area contributed by atoms with Crippen molar-refractivity contribution in [1.29, 1.82) is 0 Å². The van der Waals surface area contributed by atoms with Crippen LogP contribution in [0.25, 0.3) is 0 Å². The molecule has 1 saturated carbocycles. The molecule has 3 rings (SSSR count). The van der Waals surface area contributed by atoms with Crippen molar-refractivity contribution in [2.45, 2.75) is 32.2 Å². The van der Waals surface area contributed by atoms with Crippen LogP contribution in [0.3, 0.4) is 0 Å². The minimum absolute atomic E-state index is 0.909. The number of aryl methyl sites for hydroxylation is 1. The Balaban J connectivity index is 1.64. The summed E-state index contributed by atoms with van der Waals surface area (Å²) in [6, 6.07) is 5.27. The van der Waals surface area contributed by atoms with Crippen LogP contribution in [-0.2, 0) is 6.42 Å². The molecule has 17 heavy (non-hydrogen) atoms. The van der Waals surface area contributed by atoms with Gasteiger partial charge in [-0.3, -0.25) is 4.90 Å². The fraction of sp³-hybridized carbons (Fsp3) is 0.643. The van der Waals surface area contributed by atoms with Crippen LogP contribution in [0.5, 0.6) is 0 Å². The van der Waals surface area contributed by atoms with E-state index >= 15 is 0 Å². The zero-order chi connectivity index (χ0) is 11.7. The van der Waals surface area contributed by atoms with Crippen LogP contribution in [0.4, 0.5) is 5.82 Å². The van der Waals surface area contributed by atoms with Crippen molar-refractivity contribution < 1.29 is 0 Å². The average molecular weight is 231 g/mol.